The van der Waals surface area contributed by atoms with Gasteiger partial charge in [-0.2, -0.15) is 25.3 Å². The van der Waals surface area contributed by atoms with Crippen molar-refractivity contribution in [3.8, 4) is 0 Å². The van der Waals surface area contributed by atoms with E-state index in [0.29, 0.717) is 12.1 Å². The van der Waals surface area contributed by atoms with Crippen LogP contribution < -0.4 is 17.0 Å². The summed E-state index contributed by atoms with van der Waals surface area (Å²) in [7, 11) is 0. The smallest absolute Gasteiger partial charge is 1.00 e. The Balaban J connectivity index is 0. The van der Waals surface area contributed by atoms with Crippen molar-refractivity contribution in [1.82, 2.24) is 0 Å². The van der Waals surface area contributed by atoms with Crippen LogP contribution in [0.4, 0.5) is 17.6 Å². The fourth-order valence-electron chi connectivity index (χ4n) is 0.607. The number of halogens is 5. The minimum atomic E-state index is -4.49. The van der Waals surface area contributed by atoms with Crippen LogP contribution in [0.2, 0.25) is 0 Å². The van der Waals surface area contributed by atoms with Gasteiger partial charge in [-0.25, -0.2) is 0 Å². The largest absolute Gasteiger partial charge is 2.00 e. The van der Waals surface area contributed by atoms with Gasteiger partial charge in [-0.05, 0) is 0 Å². The van der Waals surface area contributed by atoms with Crippen LogP contribution in [0.15, 0.2) is 18.2 Å². The molecule has 13 heavy (non-hydrogen) atoms. The molecule has 0 nitrogen and oxygen atoms in total. The van der Waals surface area contributed by atoms with E-state index >= 15 is 0 Å². The third kappa shape index (κ3) is 4.83. The minimum Gasteiger partial charge on any atom is -1.00 e. The Bertz CT molecular complexity index is 261. The summed E-state index contributed by atoms with van der Waals surface area (Å²) in [4.78, 5) is 0. The molecule has 0 aromatic heterocycles. The first-order valence-electron chi connectivity index (χ1n) is 2.74. The van der Waals surface area contributed by atoms with E-state index in [1.165, 1.54) is 0 Å². The molecule has 0 N–H and O–H groups in total. The molecule has 0 fully saturated rings. The first-order valence-corrected chi connectivity index (χ1v) is 2.74. The average molecular weight is 267 g/mol. The molecule has 0 atom stereocenters. The predicted molar refractivity (Wildman–Crippen MR) is 36.0 cm³/mol. The van der Waals surface area contributed by atoms with Crippen LogP contribution in [0.1, 0.15) is 5.56 Å². The van der Waals surface area contributed by atoms with Gasteiger partial charge in [0.05, 0.1) is 0 Å². The molecule has 1 aromatic carbocycles. The summed E-state index contributed by atoms with van der Waals surface area (Å²) in [5, 5.41) is 0. The Hall–Kier alpha value is 0.186. The van der Waals surface area contributed by atoms with E-state index in [2.05, 4.69) is 0 Å². The molecule has 1 rings (SSSR count). The maximum Gasteiger partial charge on any atom is 2.00 e. The molecule has 0 spiro atoms. The zero-order chi connectivity index (χ0) is 8.48. The van der Waals surface area contributed by atoms with Crippen LogP contribution in [0.25, 0.3) is 0 Å². The van der Waals surface area contributed by atoms with Crippen LogP contribution >= 0.6 is 0 Å². The van der Waals surface area contributed by atoms with Crippen LogP contribution in [0.5, 0.6) is 0 Å². The number of hydrogen-bond donors (Lipinski definition) is 0. The Labute approximate surface area is 99.2 Å². The molecule has 0 amide bonds. The van der Waals surface area contributed by atoms with Gasteiger partial charge in [0, 0.05) is 5.82 Å². The number of alkyl halides is 3. The minimum absolute atomic E-state index is 0. The van der Waals surface area contributed by atoms with Crippen molar-refractivity contribution in [3.63, 3.8) is 0 Å². The fraction of sp³-hybridized carbons (Fsp3) is 0.143. The molecule has 0 saturated carbocycles. The van der Waals surface area contributed by atoms with E-state index < -0.39 is 17.6 Å². The molecule has 0 unspecified atom stereocenters. The second kappa shape index (κ2) is 5.82. The molecule has 6 heteroatoms. The molecule has 0 bridgehead atoms. The van der Waals surface area contributed by atoms with E-state index in [1.807, 2.05) is 6.07 Å². The summed E-state index contributed by atoms with van der Waals surface area (Å²) < 4.78 is 47.5. The van der Waals surface area contributed by atoms with Crippen molar-refractivity contribution in [1.29, 1.82) is 0 Å². The van der Waals surface area contributed by atoms with E-state index in [0.717, 1.165) is 6.07 Å². The Morgan fingerprint density at radius 3 is 2.00 bits per heavy atom. The van der Waals surface area contributed by atoms with Crippen LogP contribution in [-0.2, 0) is 6.18 Å². The summed E-state index contributed by atoms with van der Waals surface area (Å²) in [6, 6.07) is 4.01. The normalized spacial score (nSPS) is 9.85. The predicted octanol–water partition coefficient (Wildman–Crippen LogP) is -0.732. The Morgan fingerprint density at radius 2 is 1.69 bits per heavy atom. The fourth-order valence-corrected chi connectivity index (χ4v) is 0.607. The molecule has 0 saturated heterocycles. The molecular weight excluding hydrogens is 264 g/mol. The SMILES string of the molecule is Fc1c[c-]cc(C(F)(F)F)c1.[Br-].[Mg+2]. The third-order valence-electron chi connectivity index (χ3n) is 1.08. The zero-order valence-corrected chi connectivity index (χ0v) is 9.33. The van der Waals surface area contributed by atoms with E-state index in [-0.39, 0.29) is 40.0 Å². The monoisotopic (exact) mass is 266 g/mol. The van der Waals surface area contributed by atoms with Gasteiger partial charge >= 0.3 is 29.2 Å². The van der Waals surface area contributed by atoms with Crippen LogP contribution in [0.3, 0.4) is 0 Å². The van der Waals surface area contributed by atoms with Gasteiger partial charge in [-0.3, -0.25) is 4.39 Å². The van der Waals surface area contributed by atoms with E-state index in [4.69, 9.17) is 0 Å². The van der Waals surface area contributed by atoms with Crippen LogP contribution in [-0.4, -0.2) is 23.1 Å². The maximum absolute atomic E-state index is 12.2. The van der Waals surface area contributed by atoms with Gasteiger partial charge in [0.25, 0.3) is 0 Å². The summed E-state index contributed by atoms with van der Waals surface area (Å²) in [6.07, 6.45) is -4.49. The van der Waals surface area contributed by atoms with Crippen LogP contribution in [0, 0.1) is 11.9 Å². The standard InChI is InChI=1S/C7H3F4.BrH.Mg/c8-6-3-1-2-5(4-6)7(9,10)11;;/h2-4H;1H;/q-1;;+2/p-1. The second-order valence-electron chi connectivity index (χ2n) is 1.94. The van der Waals surface area contributed by atoms with Crippen molar-refractivity contribution in [2.24, 2.45) is 0 Å². The number of benzene rings is 1. The summed E-state index contributed by atoms with van der Waals surface area (Å²) in [5.74, 6) is -0.931. The van der Waals surface area contributed by atoms with Crippen molar-refractivity contribution in [3.05, 3.63) is 35.6 Å². The molecule has 1 aromatic rings. The summed E-state index contributed by atoms with van der Waals surface area (Å²) in [5.41, 5.74) is -1.02. The van der Waals surface area contributed by atoms with E-state index in [9.17, 15) is 17.6 Å². The molecule has 0 aliphatic rings. The molecular formula is C7H3BrF4Mg. The van der Waals surface area contributed by atoms with Crippen molar-refractivity contribution in [2.45, 2.75) is 6.18 Å². The second-order valence-corrected chi connectivity index (χ2v) is 1.94. The first-order chi connectivity index (χ1) is 5.00. The third-order valence-corrected chi connectivity index (χ3v) is 1.08. The van der Waals surface area contributed by atoms with Crippen molar-refractivity contribution >= 4 is 23.1 Å². The van der Waals surface area contributed by atoms with Gasteiger partial charge in [-0.1, -0.05) is 5.56 Å². The zero-order valence-electron chi connectivity index (χ0n) is 6.33. The number of rotatable bonds is 0. The summed E-state index contributed by atoms with van der Waals surface area (Å²) in [6.45, 7) is 0. The number of hydrogen-bond acceptors (Lipinski definition) is 0. The van der Waals surface area contributed by atoms with Gasteiger partial charge in [0.2, 0.25) is 0 Å². The molecule has 0 radical (unpaired) electrons. The topological polar surface area (TPSA) is 0 Å². The first kappa shape index (κ1) is 15.6. The quantitative estimate of drug-likeness (QED) is 0.330. The van der Waals surface area contributed by atoms with Crippen molar-refractivity contribution in [2.75, 3.05) is 0 Å². The van der Waals surface area contributed by atoms with Gasteiger partial charge < -0.3 is 17.0 Å². The van der Waals surface area contributed by atoms with E-state index in [1.54, 1.807) is 0 Å². The maximum atomic E-state index is 12.2. The Kier molecular flexibility index (Phi) is 7.01. The molecule has 0 aliphatic carbocycles. The molecule has 0 aliphatic heterocycles. The summed E-state index contributed by atoms with van der Waals surface area (Å²) >= 11 is 0. The van der Waals surface area contributed by atoms with Gasteiger partial charge in [0.1, 0.15) is 0 Å². The van der Waals surface area contributed by atoms with Gasteiger partial charge in [0.15, 0.2) is 0 Å². The Morgan fingerprint density at radius 1 is 1.15 bits per heavy atom. The molecule has 68 valence electrons. The van der Waals surface area contributed by atoms with Gasteiger partial charge in [-0.15, -0.1) is 12.1 Å². The average Bonchev–Trinajstić information content (AvgIpc) is 1.86. The van der Waals surface area contributed by atoms with Crippen molar-refractivity contribution < 1.29 is 34.5 Å². The molecule has 0 heterocycles.